The molecule has 1 aromatic rings. The molecule has 0 aliphatic carbocycles. The minimum atomic E-state index is 0.752. The van der Waals surface area contributed by atoms with E-state index >= 15 is 0 Å². The van der Waals surface area contributed by atoms with Crippen LogP contribution in [-0.2, 0) is 0 Å². The molecule has 1 aliphatic heterocycles. The highest BCUT2D eigenvalue weighted by Gasteiger charge is 2.08. The maximum absolute atomic E-state index is 5.78. The number of hydrogen-bond acceptors (Lipinski definition) is 3. The van der Waals surface area contributed by atoms with Gasteiger partial charge in [0.2, 0.25) is 0 Å². The van der Waals surface area contributed by atoms with Crippen molar-refractivity contribution in [1.29, 1.82) is 0 Å². The lowest BCUT2D eigenvalue weighted by Crippen LogP contribution is -2.27. The zero-order valence-electron chi connectivity index (χ0n) is 12.1. The molecule has 0 saturated heterocycles. The van der Waals surface area contributed by atoms with Gasteiger partial charge in [-0.1, -0.05) is 13.8 Å². The fourth-order valence-corrected chi connectivity index (χ4v) is 2.35. The normalized spacial score (nSPS) is 14.8. The first-order valence-corrected chi connectivity index (χ1v) is 7.32. The molecule has 0 aromatic heterocycles. The van der Waals surface area contributed by atoms with Gasteiger partial charge < -0.3 is 9.64 Å². The maximum atomic E-state index is 5.78. The number of aliphatic imine (C=N–C) groups is 1. The molecular formula is C16H24N2O. The second-order valence-corrected chi connectivity index (χ2v) is 4.83. The average Bonchev–Trinajstić information content (AvgIpc) is 2.98. The molecule has 0 atom stereocenters. The van der Waals surface area contributed by atoms with Crippen molar-refractivity contribution in [3.63, 3.8) is 0 Å². The number of ether oxygens (including phenoxy) is 1. The quantitative estimate of drug-likeness (QED) is 0.753. The summed E-state index contributed by atoms with van der Waals surface area (Å²) < 4.78 is 5.78. The van der Waals surface area contributed by atoms with Crippen molar-refractivity contribution < 1.29 is 4.74 Å². The van der Waals surface area contributed by atoms with Gasteiger partial charge in [0.05, 0.1) is 0 Å². The fourth-order valence-electron chi connectivity index (χ4n) is 2.35. The predicted octanol–water partition coefficient (Wildman–Crippen LogP) is 2.99. The molecule has 3 heteroatoms. The monoisotopic (exact) mass is 260 g/mol. The van der Waals surface area contributed by atoms with Gasteiger partial charge in [0, 0.05) is 18.8 Å². The Kier molecular flexibility index (Phi) is 5.40. The summed E-state index contributed by atoms with van der Waals surface area (Å²) in [6, 6.07) is 8.35. The van der Waals surface area contributed by atoms with Gasteiger partial charge in [-0.15, -0.1) is 0 Å². The highest BCUT2D eigenvalue weighted by Crippen LogP contribution is 2.17. The van der Waals surface area contributed by atoms with Crippen LogP contribution < -0.4 is 4.74 Å². The Morgan fingerprint density at radius 3 is 2.47 bits per heavy atom. The Hall–Kier alpha value is -1.35. The van der Waals surface area contributed by atoms with Gasteiger partial charge >= 0.3 is 0 Å². The SMILES string of the molecule is CCN(CC)CCOc1ccc(C2=NCCC2)cc1. The summed E-state index contributed by atoms with van der Waals surface area (Å²) >= 11 is 0. The zero-order valence-corrected chi connectivity index (χ0v) is 12.1. The van der Waals surface area contributed by atoms with Crippen molar-refractivity contribution in [2.45, 2.75) is 26.7 Å². The summed E-state index contributed by atoms with van der Waals surface area (Å²) in [5, 5.41) is 0. The third-order valence-electron chi connectivity index (χ3n) is 3.63. The van der Waals surface area contributed by atoms with Crippen LogP contribution in [0.2, 0.25) is 0 Å². The Morgan fingerprint density at radius 1 is 1.16 bits per heavy atom. The molecule has 1 aromatic carbocycles. The lowest BCUT2D eigenvalue weighted by Gasteiger charge is -2.18. The molecule has 0 amide bonds. The van der Waals surface area contributed by atoms with Gasteiger partial charge in [0.1, 0.15) is 12.4 Å². The van der Waals surface area contributed by atoms with E-state index < -0.39 is 0 Å². The van der Waals surface area contributed by atoms with E-state index in [0.717, 1.165) is 45.0 Å². The number of hydrogen-bond donors (Lipinski definition) is 0. The fraction of sp³-hybridized carbons (Fsp3) is 0.562. The predicted molar refractivity (Wildman–Crippen MR) is 80.4 cm³/mol. The summed E-state index contributed by atoms with van der Waals surface area (Å²) in [6.45, 7) is 9.25. The summed E-state index contributed by atoms with van der Waals surface area (Å²) in [5.41, 5.74) is 2.49. The number of likely N-dealkylation sites (N-methyl/N-ethyl adjacent to an activating group) is 1. The Balaban J connectivity index is 1.82. The third kappa shape index (κ3) is 4.06. The summed E-state index contributed by atoms with van der Waals surface area (Å²) in [4.78, 5) is 6.88. The summed E-state index contributed by atoms with van der Waals surface area (Å²) in [7, 11) is 0. The van der Waals surface area contributed by atoms with Crippen LogP contribution in [0, 0.1) is 0 Å². The van der Waals surface area contributed by atoms with E-state index in [-0.39, 0.29) is 0 Å². The highest BCUT2D eigenvalue weighted by atomic mass is 16.5. The number of benzene rings is 1. The van der Waals surface area contributed by atoms with E-state index in [1.54, 1.807) is 0 Å². The molecule has 0 radical (unpaired) electrons. The lowest BCUT2D eigenvalue weighted by molar-refractivity contribution is 0.223. The second-order valence-electron chi connectivity index (χ2n) is 4.83. The molecule has 1 aliphatic rings. The average molecular weight is 260 g/mol. The van der Waals surface area contributed by atoms with Gasteiger partial charge in [0.25, 0.3) is 0 Å². The van der Waals surface area contributed by atoms with Crippen LogP contribution in [0.4, 0.5) is 0 Å². The molecule has 1 heterocycles. The van der Waals surface area contributed by atoms with Crippen molar-refractivity contribution >= 4 is 5.71 Å². The molecule has 104 valence electrons. The van der Waals surface area contributed by atoms with Crippen LogP contribution in [0.25, 0.3) is 0 Å². The van der Waals surface area contributed by atoms with Crippen molar-refractivity contribution in [3.8, 4) is 5.75 Å². The van der Waals surface area contributed by atoms with E-state index in [9.17, 15) is 0 Å². The largest absolute Gasteiger partial charge is 0.492 e. The van der Waals surface area contributed by atoms with Gasteiger partial charge in [-0.3, -0.25) is 4.99 Å². The topological polar surface area (TPSA) is 24.8 Å². The molecule has 19 heavy (non-hydrogen) atoms. The summed E-state index contributed by atoms with van der Waals surface area (Å²) in [6.07, 6.45) is 2.31. The first-order valence-electron chi connectivity index (χ1n) is 7.32. The molecule has 0 fully saturated rings. The van der Waals surface area contributed by atoms with Crippen LogP contribution >= 0.6 is 0 Å². The molecule has 0 bridgehead atoms. The van der Waals surface area contributed by atoms with E-state index in [1.165, 1.54) is 17.7 Å². The molecule has 0 N–H and O–H groups in total. The molecule has 0 saturated carbocycles. The van der Waals surface area contributed by atoms with Gasteiger partial charge in [-0.05, 0) is 55.8 Å². The maximum Gasteiger partial charge on any atom is 0.119 e. The lowest BCUT2D eigenvalue weighted by atomic mass is 10.1. The van der Waals surface area contributed by atoms with Gasteiger partial charge in [-0.25, -0.2) is 0 Å². The Bertz CT molecular complexity index is 407. The van der Waals surface area contributed by atoms with Crippen molar-refractivity contribution in [2.24, 2.45) is 4.99 Å². The molecular weight excluding hydrogens is 236 g/mol. The van der Waals surface area contributed by atoms with Crippen molar-refractivity contribution in [3.05, 3.63) is 29.8 Å². The van der Waals surface area contributed by atoms with Crippen LogP contribution in [0.15, 0.2) is 29.3 Å². The molecule has 3 nitrogen and oxygen atoms in total. The second kappa shape index (κ2) is 7.29. The molecule has 0 unspecified atom stereocenters. The molecule has 0 spiro atoms. The van der Waals surface area contributed by atoms with Gasteiger partial charge in [0.15, 0.2) is 0 Å². The van der Waals surface area contributed by atoms with Crippen molar-refractivity contribution in [1.82, 2.24) is 4.90 Å². The van der Waals surface area contributed by atoms with Crippen LogP contribution in [0.3, 0.4) is 0 Å². The first kappa shape index (κ1) is 14.1. The highest BCUT2D eigenvalue weighted by molar-refractivity contribution is 6.01. The van der Waals surface area contributed by atoms with E-state index in [4.69, 9.17) is 4.74 Å². The van der Waals surface area contributed by atoms with Crippen LogP contribution in [-0.4, -0.2) is 43.4 Å². The van der Waals surface area contributed by atoms with E-state index in [1.807, 2.05) is 0 Å². The Labute approximate surface area is 116 Å². The number of rotatable bonds is 7. The smallest absolute Gasteiger partial charge is 0.119 e. The number of nitrogens with zero attached hydrogens (tertiary/aromatic N) is 2. The zero-order chi connectivity index (χ0) is 13.5. The van der Waals surface area contributed by atoms with Crippen molar-refractivity contribution in [2.75, 3.05) is 32.8 Å². The Morgan fingerprint density at radius 2 is 1.89 bits per heavy atom. The van der Waals surface area contributed by atoms with Gasteiger partial charge in [-0.2, -0.15) is 0 Å². The minimum Gasteiger partial charge on any atom is -0.492 e. The van der Waals surface area contributed by atoms with Crippen LogP contribution in [0.1, 0.15) is 32.3 Å². The molecule has 2 rings (SSSR count). The third-order valence-corrected chi connectivity index (χ3v) is 3.63. The minimum absolute atomic E-state index is 0.752. The summed E-state index contributed by atoms with van der Waals surface area (Å²) in [5.74, 6) is 0.953. The van der Waals surface area contributed by atoms with E-state index in [0.29, 0.717) is 0 Å². The van der Waals surface area contributed by atoms with E-state index in [2.05, 4.69) is 48.0 Å². The first-order chi connectivity index (χ1) is 9.33. The standard InChI is InChI=1S/C16H24N2O/c1-3-18(4-2)12-13-19-15-9-7-14(8-10-15)16-6-5-11-17-16/h7-10H,3-6,11-13H2,1-2H3. The van der Waals surface area contributed by atoms with Crippen LogP contribution in [0.5, 0.6) is 5.75 Å².